The summed E-state index contributed by atoms with van der Waals surface area (Å²) in [4.78, 5) is 13.8. The third kappa shape index (κ3) is 2.96. The number of carbonyl (C=O) groups is 1. The van der Waals surface area contributed by atoms with Crippen LogP contribution in [0.5, 0.6) is 0 Å². The average Bonchev–Trinajstić information content (AvgIpc) is 3.33. The van der Waals surface area contributed by atoms with Crippen LogP contribution in [0.1, 0.15) is 31.4 Å². The number of carbonyl (C=O) groups excluding carboxylic acids is 1. The SMILES string of the molecule is CCOC(=O)N1C[C@@H](c2ccccc2)O[C@@H](C2CC2)C1. The first-order valence-electron chi connectivity index (χ1n) is 7.40. The molecule has 0 aromatic heterocycles. The molecule has 1 saturated heterocycles. The van der Waals surface area contributed by atoms with Crippen molar-refractivity contribution < 1.29 is 14.3 Å². The molecule has 2 fully saturated rings. The third-order valence-electron chi connectivity index (χ3n) is 3.97. The molecule has 1 aliphatic heterocycles. The molecule has 1 aromatic carbocycles. The summed E-state index contributed by atoms with van der Waals surface area (Å²) in [5, 5.41) is 0. The van der Waals surface area contributed by atoms with E-state index in [4.69, 9.17) is 9.47 Å². The second kappa shape index (κ2) is 5.83. The van der Waals surface area contributed by atoms with Gasteiger partial charge in [-0.3, -0.25) is 0 Å². The van der Waals surface area contributed by atoms with Gasteiger partial charge in [-0.05, 0) is 31.2 Å². The Kier molecular flexibility index (Phi) is 3.92. The van der Waals surface area contributed by atoms with Gasteiger partial charge in [0.2, 0.25) is 0 Å². The van der Waals surface area contributed by atoms with E-state index >= 15 is 0 Å². The Morgan fingerprint density at radius 3 is 2.70 bits per heavy atom. The molecule has 0 radical (unpaired) electrons. The lowest BCUT2D eigenvalue weighted by Gasteiger charge is -2.37. The minimum atomic E-state index is -0.220. The van der Waals surface area contributed by atoms with Crippen molar-refractivity contribution >= 4 is 6.09 Å². The summed E-state index contributed by atoms with van der Waals surface area (Å²) in [7, 11) is 0. The lowest BCUT2D eigenvalue weighted by molar-refractivity contribution is -0.0906. The van der Waals surface area contributed by atoms with E-state index in [1.807, 2.05) is 25.1 Å². The highest BCUT2D eigenvalue weighted by Crippen LogP contribution is 2.39. The predicted octanol–water partition coefficient (Wildman–Crippen LogP) is 3.00. The molecule has 1 amide bonds. The van der Waals surface area contributed by atoms with Crippen LogP contribution in [0.2, 0.25) is 0 Å². The fourth-order valence-electron chi connectivity index (χ4n) is 2.73. The summed E-state index contributed by atoms with van der Waals surface area (Å²) in [5.41, 5.74) is 1.13. The monoisotopic (exact) mass is 275 g/mol. The first kappa shape index (κ1) is 13.4. The molecule has 1 aliphatic carbocycles. The van der Waals surface area contributed by atoms with E-state index in [0.29, 0.717) is 25.6 Å². The van der Waals surface area contributed by atoms with E-state index in [-0.39, 0.29) is 18.3 Å². The Balaban J connectivity index is 1.74. The van der Waals surface area contributed by atoms with Crippen LogP contribution in [0.25, 0.3) is 0 Å². The van der Waals surface area contributed by atoms with Gasteiger partial charge in [-0.1, -0.05) is 30.3 Å². The zero-order chi connectivity index (χ0) is 13.9. The molecule has 1 heterocycles. The van der Waals surface area contributed by atoms with Crippen molar-refractivity contribution in [3.8, 4) is 0 Å². The molecule has 4 nitrogen and oxygen atoms in total. The van der Waals surface area contributed by atoms with Crippen molar-refractivity contribution in [2.45, 2.75) is 32.0 Å². The van der Waals surface area contributed by atoms with Gasteiger partial charge < -0.3 is 14.4 Å². The van der Waals surface area contributed by atoms with Crippen molar-refractivity contribution in [1.29, 1.82) is 0 Å². The number of hydrogen-bond donors (Lipinski definition) is 0. The van der Waals surface area contributed by atoms with Crippen LogP contribution in [0, 0.1) is 5.92 Å². The van der Waals surface area contributed by atoms with Gasteiger partial charge in [-0.25, -0.2) is 4.79 Å². The van der Waals surface area contributed by atoms with E-state index in [1.54, 1.807) is 4.90 Å². The Hall–Kier alpha value is -1.55. The zero-order valence-electron chi connectivity index (χ0n) is 11.8. The standard InChI is InChI=1S/C16H21NO3/c1-2-19-16(18)17-10-14(12-6-4-3-5-7-12)20-15(11-17)13-8-9-13/h3-7,13-15H,2,8-11H2,1H3/t14-,15+/m0/s1. The number of hydrogen-bond acceptors (Lipinski definition) is 3. The van der Waals surface area contributed by atoms with Crippen molar-refractivity contribution in [2.24, 2.45) is 5.92 Å². The fourth-order valence-corrected chi connectivity index (χ4v) is 2.73. The van der Waals surface area contributed by atoms with Crippen molar-refractivity contribution in [2.75, 3.05) is 19.7 Å². The number of amides is 1. The molecule has 4 heteroatoms. The molecule has 108 valence electrons. The van der Waals surface area contributed by atoms with E-state index in [1.165, 1.54) is 12.8 Å². The van der Waals surface area contributed by atoms with E-state index in [9.17, 15) is 4.79 Å². The van der Waals surface area contributed by atoms with Crippen LogP contribution in [-0.4, -0.2) is 36.8 Å². The Bertz CT molecular complexity index is 458. The molecular weight excluding hydrogens is 254 g/mol. The van der Waals surface area contributed by atoms with Crippen LogP contribution in [0.3, 0.4) is 0 Å². The fraction of sp³-hybridized carbons (Fsp3) is 0.562. The minimum absolute atomic E-state index is 0.0417. The number of rotatable bonds is 3. The summed E-state index contributed by atoms with van der Waals surface area (Å²) >= 11 is 0. The van der Waals surface area contributed by atoms with Gasteiger partial charge in [0.1, 0.15) is 6.10 Å². The van der Waals surface area contributed by atoms with Crippen molar-refractivity contribution in [3.05, 3.63) is 35.9 Å². The maximum atomic E-state index is 12.0. The van der Waals surface area contributed by atoms with Gasteiger partial charge in [-0.2, -0.15) is 0 Å². The molecule has 1 saturated carbocycles. The van der Waals surface area contributed by atoms with E-state index in [2.05, 4.69) is 12.1 Å². The lowest BCUT2D eigenvalue weighted by Crippen LogP contribution is -2.47. The van der Waals surface area contributed by atoms with Gasteiger partial charge in [-0.15, -0.1) is 0 Å². The number of nitrogens with zero attached hydrogens (tertiary/aromatic N) is 1. The topological polar surface area (TPSA) is 38.8 Å². The summed E-state index contributed by atoms with van der Waals surface area (Å²) < 4.78 is 11.4. The number of ether oxygens (including phenoxy) is 2. The molecule has 0 spiro atoms. The van der Waals surface area contributed by atoms with Crippen LogP contribution in [0.15, 0.2) is 30.3 Å². The Morgan fingerprint density at radius 1 is 1.30 bits per heavy atom. The van der Waals surface area contributed by atoms with Crippen LogP contribution in [0.4, 0.5) is 4.79 Å². The second-order valence-electron chi connectivity index (χ2n) is 5.52. The molecule has 3 rings (SSSR count). The maximum absolute atomic E-state index is 12.0. The first-order chi connectivity index (χ1) is 9.78. The van der Waals surface area contributed by atoms with Crippen LogP contribution >= 0.6 is 0 Å². The van der Waals surface area contributed by atoms with Gasteiger partial charge in [0.25, 0.3) is 0 Å². The van der Waals surface area contributed by atoms with Crippen LogP contribution in [-0.2, 0) is 9.47 Å². The Labute approximate surface area is 119 Å². The smallest absolute Gasteiger partial charge is 0.409 e. The van der Waals surface area contributed by atoms with E-state index < -0.39 is 0 Å². The Morgan fingerprint density at radius 2 is 2.05 bits per heavy atom. The number of morpholine rings is 1. The first-order valence-corrected chi connectivity index (χ1v) is 7.40. The van der Waals surface area contributed by atoms with E-state index in [0.717, 1.165) is 5.56 Å². The zero-order valence-corrected chi connectivity index (χ0v) is 11.8. The normalized spacial score (nSPS) is 26.4. The molecular formula is C16H21NO3. The van der Waals surface area contributed by atoms with Crippen LogP contribution < -0.4 is 0 Å². The average molecular weight is 275 g/mol. The largest absolute Gasteiger partial charge is 0.450 e. The quantitative estimate of drug-likeness (QED) is 0.851. The third-order valence-corrected chi connectivity index (χ3v) is 3.97. The summed E-state index contributed by atoms with van der Waals surface area (Å²) in [6.45, 7) is 3.49. The molecule has 0 unspecified atom stereocenters. The van der Waals surface area contributed by atoms with Crippen molar-refractivity contribution in [3.63, 3.8) is 0 Å². The molecule has 20 heavy (non-hydrogen) atoms. The highest BCUT2D eigenvalue weighted by atomic mass is 16.6. The predicted molar refractivity (Wildman–Crippen MR) is 75.4 cm³/mol. The summed E-state index contributed by atoms with van der Waals surface area (Å²) in [6.07, 6.45) is 2.31. The highest BCUT2D eigenvalue weighted by Gasteiger charge is 2.40. The van der Waals surface area contributed by atoms with Crippen molar-refractivity contribution in [1.82, 2.24) is 4.90 Å². The highest BCUT2D eigenvalue weighted by molar-refractivity contribution is 5.67. The minimum Gasteiger partial charge on any atom is -0.450 e. The number of benzene rings is 1. The molecule has 0 bridgehead atoms. The molecule has 2 aliphatic rings. The summed E-state index contributed by atoms with van der Waals surface area (Å²) in [5.74, 6) is 0.610. The molecule has 1 aromatic rings. The maximum Gasteiger partial charge on any atom is 0.409 e. The van der Waals surface area contributed by atoms with Gasteiger partial charge in [0.05, 0.1) is 25.8 Å². The molecule has 2 atom stereocenters. The summed E-state index contributed by atoms with van der Waals surface area (Å²) in [6, 6.07) is 10.1. The molecule has 0 N–H and O–H groups in total. The second-order valence-corrected chi connectivity index (χ2v) is 5.52. The van der Waals surface area contributed by atoms with Gasteiger partial charge in [0, 0.05) is 0 Å². The van der Waals surface area contributed by atoms with Gasteiger partial charge in [0.15, 0.2) is 0 Å². The van der Waals surface area contributed by atoms with Gasteiger partial charge >= 0.3 is 6.09 Å². The lowest BCUT2D eigenvalue weighted by atomic mass is 10.1.